The Balaban J connectivity index is 1.82. The zero-order valence-electron chi connectivity index (χ0n) is 16.1. The van der Waals surface area contributed by atoms with E-state index < -0.39 is 21.6 Å². The normalized spacial score (nSPS) is 19.6. The van der Waals surface area contributed by atoms with Crippen LogP contribution < -0.4 is 10.1 Å². The number of methoxy groups -OCH3 is 1. The lowest BCUT2D eigenvalue weighted by Crippen LogP contribution is -2.24. The Hall–Kier alpha value is -2.45. The first-order chi connectivity index (χ1) is 13.8. The van der Waals surface area contributed by atoms with Crippen molar-refractivity contribution in [3.63, 3.8) is 0 Å². The maximum Gasteiger partial charge on any atom is 0.259 e. The van der Waals surface area contributed by atoms with Crippen LogP contribution in [0.5, 0.6) is 5.75 Å². The van der Waals surface area contributed by atoms with Crippen molar-refractivity contribution in [1.82, 2.24) is 0 Å². The van der Waals surface area contributed by atoms with Crippen LogP contribution in [0.4, 0.5) is 10.1 Å². The molecule has 29 heavy (non-hydrogen) atoms. The second-order valence-electron chi connectivity index (χ2n) is 7.28. The molecule has 1 fully saturated rings. The molecule has 0 atom stereocenters. The smallest absolute Gasteiger partial charge is 0.259 e. The van der Waals surface area contributed by atoms with E-state index >= 15 is 0 Å². The van der Waals surface area contributed by atoms with E-state index in [0.717, 1.165) is 0 Å². The van der Waals surface area contributed by atoms with Crippen LogP contribution in [-0.2, 0) is 9.84 Å². The molecule has 0 bridgehead atoms. The van der Waals surface area contributed by atoms with Crippen LogP contribution in [0.1, 0.15) is 36.0 Å². The van der Waals surface area contributed by atoms with E-state index in [9.17, 15) is 22.7 Å². The van der Waals surface area contributed by atoms with Crippen LogP contribution in [0.15, 0.2) is 47.4 Å². The minimum Gasteiger partial charge on any atom is -0.496 e. The average Bonchev–Trinajstić information content (AvgIpc) is 2.70. The molecule has 156 valence electrons. The van der Waals surface area contributed by atoms with Gasteiger partial charge in [0.05, 0.1) is 29.4 Å². The molecule has 1 amide bonds. The molecular formula is C21H24FNO5S. The van der Waals surface area contributed by atoms with Gasteiger partial charge in [0.1, 0.15) is 11.6 Å². The molecule has 3 rings (SSSR count). The third-order valence-electron chi connectivity index (χ3n) is 5.15. The number of amides is 1. The number of carbonyl (C=O) groups excluding carboxylic acids is 1. The zero-order chi connectivity index (χ0) is 21.0. The second kappa shape index (κ2) is 8.92. The first-order valence-electron chi connectivity index (χ1n) is 9.44. The summed E-state index contributed by atoms with van der Waals surface area (Å²) in [5.74, 6) is -0.771. The van der Waals surface area contributed by atoms with Crippen molar-refractivity contribution in [3.8, 4) is 5.75 Å². The Morgan fingerprint density at radius 1 is 1.14 bits per heavy atom. The number of ether oxygens (including phenoxy) is 1. The van der Waals surface area contributed by atoms with Gasteiger partial charge < -0.3 is 15.2 Å². The number of nitrogens with one attached hydrogen (secondary N) is 1. The Labute approximate surface area is 169 Å². The van der Waals surface area contributed by atoms with Gasteiger partial charge in [-0.25, -0.2) is 12.8 Å². The van der Waals surface area contributed by atoms with Crippen molar-refractivity contribution in [2.75, 3.05) is 18.2 Å². The molecule has 0 aromatic heterocycles. The fraction of sp³-hybridized carbons (Fsp3) is 0.381. The van der Waals surface area contributed by atoms with Crippen molar-refractivity contribution in [1.29, 1.82) is 0 Å². The molecule has 1 saturated carbocycles. The average molecular weight is 421 g/mol. The van der Waals surface area contributed by atoms with E-state index in [1.165, 1.54) is 49.6 Å². The molecule has 0 spiro atoms. The largest absolute Gasteiger partial charge is 0.496 e. The summed E-state index contributed by atoms with van der Waals surface area (Å²) in [7, 11) is -2.21. The predicted octanol–water partition coefficient (Wildman–Crippen LogP) is 3.41. The summed E-state index contributed by atoms with van der Waals surface area (Å²) < 4.78 is 44.0. The van der Waals surface area contributed by atoms with Crippen molar-refractivity contribution in [3.05, 3.63) is 53.8 Å². The van der Waals surface area contributed by atoms with Gasteiger partial charge in [-0.1, -0.05) is 0 Å². The van der Waals surface area contributed by atoms with E-state index in [0.29, 0.717) is 31.4 Å². The van der Waals surface area contributed by atoms with Gasteiger partial charge in [0.15, 0.2) is 9.84 Å². The van der Waals surface area contributed by atoms with Gasteiger partial charge in [0.25, 0.3) is 5.91 Å². The molecule has 0 radical (unpaired) electrons. The van der Waals surface area contributed by atoms with Crippen LogP contribution in [-0.4, -0.2) is 38.4 Å². The summed E-state index contributed by atoms with van der Waals surface area (Å²) >= 11 is 0. The van der Waals surface area contributed by atoms with Gasteiger partial charge in [-0.15, -0.1) is 0 Å². The summed E-state index contributed by atoms with van der Waals surface area (Å²) in [6.07, 6.45) is 2.18. The summed E-state index contributed by atoms with van der Waals surface area (Å²) in [4.78, 5) is 12.7. The van der Waals surface area contributed by atoms with Gasteiger partial charge in [-0.05, 0) is 74.1 Å². The quantitative estimate of drug-likeness (QED) is 0.746. The minimum atomic E-state index is -3.60. The molecule has 2 aromatic carbocycles. The molecule has 0 saturated heterocycles. The number of rotatable bonds is 6. The fourth-order valence-electron chi connectivity index (χ4n) is 3.51. The Morgan fingerprint density at radius 3 is 2.41 bits per heavy atom. The molecule has 8 heteroatoms. The number of anilines is 1. The molecule has 1 aliphatic rings. The predicted molar refractivity (Wildman–Crippen MR) is 107 cm³/mol. The lowest BCUT2D eigenvalue weighted by atomic mass is 9.89. The van der Waals surface area contributed by atoms with E-state index in [1.807, 2.05) is 0 Å². The van der Waals surface area contributed by atoms with Crippen LogP contribution in [0.25, 0.3) is 0 Å². The number of aliphatic hydroxyl groups excluding tert-OH is 1. The highest BCUT2D eigenvalue weighted by Crippen LogP contribution is 2.29. The lowest BCUT2D eigenvalue weighted by Gasteiger charge is -2.25. The molecule has 0 unspecified atom stereocenters. The van der Waals surface area contributed by atoms with E-state index in [1.54, 1.807) is 0 Å². The van der Waals surface area contributed by atoms with Gasteiger partial charge in [-0.3, -0.25) is 4.79 Å². The summed E-state index contributed by atoms with van der Waals surface area (Å²) in [5.41, 5.74) is 0.462. The van der Waals surface area contributed by atoms with Crippen LogP contribution in [0.2, 0.25) is 0 Å². The van der Waals surface area contributed by atoms with Gasteiger partial charge in [0, 0.05) is 5.69 Å². The summed E-state index contributed by atoms with van der Waals surface area (Å²) in [5, 5.41) is 12.2. The first-order valence-corrected chi connectivity index (χ1v) is 11.1. The molecule has 6 nitrogen and oxygen atoms in total. The van der Waals surface area contributed by atoms with Crippen molar-refractivity contribution >= 4 is 21.4 Å². The van der Waals surface area contributed by atoms with Crippen molar-refractivity contribution in [2.45, 2.75) is 36.7 Å². The Bertz CT molecular complexity index is 967. The SMILES string of the molecule is COc1ccc(S(=O)(=O)CC2CCC(O)CC2)cc1C(=O)Nc1ccc(F)cc1. The molecular weight excluding hydrogens is 397 g/mol. The van der Waals surface area contributed by atoms with Gasteiger partial charge >= 0.3 is 0 Å². The third kappa shape index (κ3) is 5.33. The molecule has 0 heterocycles. The first kappa shape index (κ1) is 21.3. The van der Waals surface area contributed by atoms with Gasteiger partial charge in [-0.2, -0.15) is 0 Å². The molecule has 2 aromatic rings. The third-order valence-corrected chi connectivity index (χ3v) is 7.03. The number of halogens is 1. The highest BCUT2D eigenvalue weighted by atomic mass is 32.2. The monoisotopic (exact) mass is 421 g/mol. The summed E-state index contributed by atoms with van der Waals surface area (Å²) in [6.45, 7) is 0. The number of benzene rings is 2. The number of carbonyl (C=O) groups is 1. The van der Waals surface area contributed by atoms with E-state index in [-0.39, 0.29) is 34.0 Å². The lowest BCUT2D eigenvalue weighted by molar-refractivity contribution is 0.102. The maximum atomic E-state index is 13.1. The van der Waals surface area contributed by atoms with Crippen molar-refractivity contribution in [2.24, 2.45) is 5.92 Å². The number of aliphatic hydroxyl groups is 1. The van der Waals surface area contributed by atoms with Crippen molar-refractivity contribution < 1.29 is 27.4 Å². The van der Waals surface area contributed by atoms with Gasteiger partial charge in [0.2, 0.25) is 0 Å². The standard InChI is InChI=1S/C21H24FNO5S/c1-28-20-11-10-18(29(26,27)13-14-2-8-17(24)9-3-14)12-19(20)21(25)23-16-6-4-15(22)5-7-16/h4-7,10-12,14,17,24H,2-3,8-9,13H2,1H3,(H,23,25). The number of hydrogen-bond donors (Lipinski definition) is 2. The second-order valence-corrected chi connectivity index (χ2v) is 9.31. The highest BCUT2D eigenvalue weighted by Gasteiger charge is 2.27. The van der Waals surface area contributed by atoms with Crippen LogP contribution in [0.3, 0.4) is 0 Å². The van der Waals surface area contributed by atoms with Crippen LogP contribution in [0, 0.1) is 11.7 Å². The highest BCUT2D eigenvalue weighted by molar-refractivity contribution is 7.91. The summed E-state index contributed by atoms with van der Waals surface area (Å²) in [6, 6.07) is 9.46. The number of sulfone groups is 1. The molecule has 0 aliphatic heterocycles. The number of hydrogen-bond acceptors (Lipinski definition) is 5. The maximum absolute atomic E-state index is 13.1. The molecule has 1 aliphatic carbocycles. The Morgan fingerprint density at radius 2 is 1.79 bits per heavy atom. The van der Waals surface area contributed by atoms with E-state index in [4.69, 9.17) is 4.74 Å². The fourth-order valence-corrected chi connectivity index (χ4v) is 5.23. The topological polar surface area (TPSA) is 92.7 Å². The van der Waals surface area contributed by atoms with Crippen LogP contribution >= 0.6 is 0 Å². The zero-order valence-corrected chi connectivity index (χ0v) is 16.9. The minimum absolute atomic E-state index is 0.0120. The van der Waals surface area contributed by atoms with E-state index in [2.05, 4.69) is 5.32 Å². The Kier molecular flexibility index (Phi) is 6.54. The molecule has 2 N–H and O–H groups in total.